The molecule has 80 valence electrons. The molecular formula is C14H17Br. The van der Waals surface area contributed by atoms with Crippen molar-refractivity contribution in [1.29, 1.82) is 0 Å². The lowest BCUT2D eigenvalue weighted by Gasteiger charge is -2.27. The maximum absolute atomic E-state index is 3.44. The Bertz CT molecular complexity index is 337. The molecule has 1 saturated carbocycles. The van der Waals surface area contributed by atoms with Gasteiger partial charge in [-0.3, -0.25) is 0 Å². The molecule has 1 heteroatoms. The number of hydrogen-bond acceptors (Lipinski definition) is 0. The zero-order chi connectivity index (χ0) is 10.5. The second-order valence-electron chi connectivity index (χ2n) is 4.14. The van der Waals surface area contributed by atoms with Crippen molar-refractivity contribution < 1.29 is 0 Å². The Morgan fingerprint density at radius 2 is 2.07 bits per heavy atom. The summed E-state index contributed by atoms with van der Waals surface area (Å²) >= 11 is 3.44. The van der Waals surface area contributed by atoms with Gasteiger partial charge in [0.1, 0.15) is 0 Å². The van der Waals surface area contributed by atoms with Crippen LogP contribution in [0.15, 0.2) is 30.3 Å². The fraction of sp³-hybridized carbons (Fsp3) is 0.429. The minimum absolute atomic E-state index is 0.829. The highest BCUT2D eigenvalue weighted by molar-refractivity contribution is 9.09. The summed E-state index contributed by atoms with van der Waals surface area (Å²) in [5.41, 5.74) is 2.97. The predicted octanol–water partition coefficient (Wildman–Crippen LogP) is 4.75. The van der Waals surface area contributed by atoms with E-state index >= 15 is 0 Å². The van der Waals surface area contributed by atoms with Gasteiger partial charge in [-0.2, -0.15) is 0 Å². The van der Waals surface area contributed by atoms with Gasteiger partial charge in [-0.15, -0.1) is 0 Å². The van der Waals surface area contributed by atoms with Crippen molar-refractivity contribution in [2.75, 3.05) is 5.33 Å². The normalized spacial score (nSPS) is 16.9. The maximum Gasteiger partial charge on any atom is 0.00660 e. The van der Waals surface area contributed by atoms with Crippen LogP contribution in [-0.4, -0.2) is 5.33 Å². The third kappa shape index (κ3) is 2.72. The number of rotatable bonds is 4. The van der Waals surface area contributed by atoms with Gasteiger partial charge in [-0.25, -0.2) is 0 Å². The molecule has 2 rings (SSSR count). The van der Waals surface area contributed by atoms with E-state index in [1.165, 1.54) is 24.8 Å². The molecule has 0 aliphatic heterocycles. The van der Waals surface area contributed by atoms with Crippen LogP contribution in [0.3, 0.4) is 0 Å². The second kappa shape index (κ2) is 5.50. The van der Waals surface area contributed by atoms with E-state index < -0.39 is 0 Å². The van der Waals surface area contributed by atoms with E-state index in [1.807, 2.05) is 0 Å². The number of alkyl halides is 1. The molecule has 1 aliphatic carbocycles. The molecule has 1 aliphatic rings. The first kappa shape index (κ1) is 10.9. The van der Waals surface area contributed by atoms with E-state index in [0.717, 1.165) is 17.7 Å². The van der Waals surface area contributed by atoms with Crippen LogP contribution < -0.4 is 0 Å². The summed E-state index contributed by atoms with van der Waals surface area (Å²) in [6, 6.07) is 8.82. The SMILES string of the molecule is BrCC/C=C/c1ccccc1C1CCC1. The molecule has 0 unspecified atom stereocenters. The lowest BCUT2D eigenvalue weighted by atomic mass is 9.78. The molecule has 1 aromatic rings. The summed E-state index contributed by atoms with van der Waals surface area (Å²) in [5.74, 6) is 0.829. The summed E-state index contributed by atoms with van der Waals surface area (Å²) in [7, 11) is 0. The Morgan fingerprint density at radius 1 is 1.27 bits per heavy atom. The molecule has 0 saturated heterocycles. The number of hydrogen-bond donors (Lipinski definition) is 0. The standard InChI is InChI=1S/C14H17Br/c15-11-4-3-7-12-6-1-2-10-14(12)13-8-5-9-13/h1-3,6-7,10,13H,4-5,8-9,11H2/b7-3+. The molecule has 1 aromatic carbocycles. The first-order valence-electron chi connectivity index (χ1n) is 5.73. The lowest BCUT2D eigenvalue weighted by molar-refractivity contribution is 0.419. The van der Waals surface area contributed by atoms with Gasteiger partial charge < -0.3 is 0 Å². The smallest absolute Gasteiger partial charge is 0.00660 e. The van der Waals surface area contributed by atoms with Gasteiger partial charge in [0.2, 0.25) is 0 Å². The Labute approximate surface area is 101 Å². The zero-order valence-corrected chi connectivity index (χ0v) is 10.5. The van der Waals surface area contributed by atoms with Gasteiger partial charge in [0.25, 0.3) is 0 Å². The van der Waals surface area contributed by atoms with Crippen LogP contribution in [0.2, 0.25) is 0 Å². The molecule has 0 bridgehead atoms. The van der Waals surface area contributed by atoms with Gasteiger partial charge in [-0.1, -0.05) is 58.8 Å². The third-order valence-corrected chi connectivity index (χ3v) is 3.57. The molecule has 0 N–H and O–H groups in total. The minimum atomic E-state index is 0.829. The fourth-order valence-corrected chi connectivity index (χ4v) is 2.29. The van der Waals surface area contributed by atoms with Gasteiger partial charge >= 0.3 is 0 Å². The highest BCUT2D eigenvalue weighted by Crippen LogP contribution is 2.38. The molecule has 15 heavy (non-hydrogen) atoms. The van der Waals surface area contributed by atoms with Crippen molar-refractivity contribution in [3.63, 3.8) is 0 Å². The average Bonchev–Trinajstić information content (AvgIpc) is 2.18. The Morgan fingerprint density at radius 3 is 2.73 bits per heavy atom. The highest BCUT2D eigenvalue weighted by atomic mass is 79.9. The van der Waals surface area contributed by atoms with Crippen molar-refractivity contribution >= 4 is 22.0 Å². The number of benzene rings is 1. The minimum Gasteiger partial charge on any atom is -0.0925 e. The summed E-state index contributed by atoms with van der Waals surface area (Å²) < 4.78 is 0. The van der Waals surface area contributed by atoms with Crippen molar-refractivity contribution in [2.24, 2.45) is 0 Å². The van der Waals surface area contributed by atoms with E-state index in [1.54, 1.807) is 5.56 Å². The van der Waals surface area contributed by atoms with Crippen molar-refractivity contribution in [3.05, 3.63) is 41.5 Å². The predicted molar refractivity (Wildman–Crippen MR) is 70.5 cm³/mol. The largest absolute Gasteiger partial charge is 0.0925 e. The molecule has 0 nitrogen and oxygen atoms in total. The van der Waals surface area contributed by atoms with Crippen LogP contribution in [0.4, 0.5) is 0 Å². The van der Waals surface area contributed by atoms with E-state index in [-0.39, 0.29) is 0 Å². The summed E-state index contributed by atoms with van der Waals surface area (Å²) in [6.45, 7) is 0. The molecule has 0 radical (unpaired) electrons. The summed E-state index contributed by atoms with van der Waals surface area (Å²) in [5, 5.41) is 1.05. The molecule has 1 fully saturated rings. The van der Waals surface area contributed by atoms with Gasteiger partial charge in [0.05, 0.1) is 0 Å². The quantitative estimate of drug-likeness (QED) is 0.689. The van der Waals surface area contributed by atoms with Crippen molar-refractivity contribution in [2.45, 2.75) is 31.6 Å². The van der Waals surface area contributed by atoms with Crippen LogP contribution in [-0.2, 0) is 0 Å². The maximum atomic E-state index is 3.44. The monoisotopic (exact) mass is 264 g/mol. The summed E-state index contributed by atoms with van der Waals surface area (Å²) in [6.07, 6.45) is 9.80. The van der Waals surface area contributed by atoms with Gasteiger partial charge in [-0.05, 0) is 36.3 Å². The average molecular weight is 265 g/mol. The Kier molecular flexibility index (Phi) is 4.01. The van der Waals surface area contributed by atoms with E-state index in [2.05, 4.69) is 52.3 Å². The molecule has 0 amide bonds. The number of halogens is 1. The first-order chi connectivity index (χ1) is 7.42. The Hall–Kier alpha value is -0.560. The second-order valence-corrected chi connectivity index (χ2v) is 4.93. The van der Waals surface area contributed by atoms with E-state index in [4.69, 9.17) is 0 Å². The third-order valence-electron chi connectivity index (χ3n) is 3.11. The molecule has 0 heterocycles. The van der Waals surface area contributed by atoms with Crippen LogP contribution >= 0.6 is 15.9 Å². The molecule has 0 aromatic heterocycles. The molecule has 0 spiro atoms. The van der Waals surface area contributed by atoms with Crippen molar-refractivity contribution in [1.82, 2.24) is 0 Å². The van der Waals surface area contributed by atoms with Gasteiger partial charge in [0.15, 0.2) is 0 Å². The zero-order valence-electron chi connectivity index (χ0n) is 8.95. The molecule has 0 atom stereocenters. The molecular weight excluding hydrogens is 248 g/mol. The van der Waals surface area contributed by atoms with Crippen LogP contribution in [0, 0.1) is 0 Å². The highest BCUT2D eigenvalue weighted by Gasteiger charge is 2.20. The fourth-order valence-electron chi connectivity index (χ4n) is 2.03. The topological polar surface area (TPSA) is 0 Å². The van der Waals surface area contributed by atoms with Gasteiger partial charge in [0, 0.05) is 5.33 Å². The lowest BCUT2D eigenvalue weighted by Crippen LogP contribution is -2.09. The first-order valence-corrected chi connectivity index (χ1v) is 6.85. The van der Waals surface area contributed by atoms with Crippen molar-refractivity contribution in [3.8, 4) is 0 Å². The van der Waals surface area contributed by atoms with E-state index in [0.29, 0.717) is 0 Å². The number of allylic oxidation sites excluding steroid dienone is 1. The van der Waals surface area contributed by atoms with Crippen LogP contribution in [0.25, 0.3) is 6.08 Å². The summed E-state index contributed by atoms with van der Waals surface area (Å²) in [4.78, 5) is 0. The van der Waals surface area contributed by atoms with E-state index in [9.17, 15) is 0 Å². The Balaban J connectivity index is 2.14. The van der Waals surface area contributed by atoms with Crippen LogP contribution in [0.5, 0.6) is 0 Å². The van der Waals surface area contributed by atoms with Crippen LogP contribution in [0.1, 0.15) is 42.7 Å².